The van der Waals surface area contributed by atoms with Crippen LogP contribution >= 0.6 is 0 Å². The summed E-state index contributed by atoms with van der Waals surface area (Å²) in [7, 11) is 0. The van der Waals surface area contributed by atoms with E-state index in [9.17, 15) is 0 Å². The summed E-state index contributed by atoms with van der Waals surface area (Å²) in [6.45, 7) is 6.75. The molecule has 0 aliphatic heterocycles. The van der Waals surface area contributed by atoms with Gasteiger partial charge in [0.05, 0.1) is 0 Å². The van der Waals surface area contributed by atoms with Crippen LogP contribution in [0.5, 0.6) is 0 Å². The predicted octanol–water partition coefficient (Wildman–Crippen LogP) is 4.38. The summed E-state index contributed by atoms with van der Waals surface area (Å²) >= 11 is 0. The Balaban J connectivity index is 2.20. The molecule has 0 bridgehead atoms. The maximum atomic E-state index is 2.30. The Morgan fingerprint density at radius 3 is 2.29 bits per heavy atom. The van der Waals surface area contributed by atoms with Crippen molar-refractivity contribution in [2.75, 3.05) is 0 Å². The van der Waals surface area contributed by atoms with Crippen LogP contribution in [0.25, 0.3) is 5.57 Å². The van der Waals surface area contributed by atoms with Crippen LogP contribution < -0.4 is 0 Å². The lowest BCUT2D eigenvalue weighted by molar-refractivity contribution is 1.09. The van der Waals surface area contributed by atoms with Crippen LogP contribution in [0.1, 0.15) is 29.2 Å². The van der Waals surface area contributed by atoms with Crippen molar-refractivity contribution in [1.29, 1.82) is 0 Å². The summed E-state index contributed by atoms with van der Waals surface area (Å²) in [4.78, 5) is 0. The van der Waals surface area contributed by atoms with Crippen molar-refractivity contribution in [3.05, 3.63) is 64.3 Å². The van der Waals surface area contributed by atoms with E-state index in [1.807, 2.05) is 0 Å². The maximum absolute atomic E-state index is 2.30. The van der Waals surface area contributed by atoms with Crippen molar-refractivity contribution in [3.63, 3.8) is 0 Å². The first kappa shape index (κ1) is 10.6. The zero-order valence-electron chi connectivity index (χ0n) is 10.7. The quantitative estimate of drug-likeness (QED) is 0.661. The van der Waals surface area contributed by atoms with Crippen molar-refractivity contribution in [1.82, 2.24) is 0 Å². The van der Waals surface area contributed by atoms with Gasteiger partial charge in [0.2, 0.25) is 0 Å². The highest BCUT2D eigenvalue weighted by molar-refractivity contribution is 5.82. The topological polar surface area (TPSA) is 0 Å². The van der Waals surface area contributed by atoms with Gasteiger partial charge in [-0.25, -0.2) is 0 Å². The van der Waals surface area contributed by atoms with Crippen molar-refractivity contribution in [3.8, 4) is 0 Å². The van der Waals surface area contributed by atoms with Crippen LogP contribution in [0, 0.1) is 19.8 Å². The van der Waals surface area contributed by atoms with E-state index < -0.39 is 0 Å². The van der Waals surface area contributed by atoms with E-state index >= 15 is 0 Å². The highest BCUT2D eigenvalue weighted by Crippen LogP contribution is 2.42. The van der Waals surface area contributed by atoms with E-state index in [1.165, 1.54) is 16.7 Å². The third kappa shape index (κ3) is 1.51. The van der Waals surface area contributed by atoms with E-state index in [4.69, 9.17) is 0 Å². The molecule has 3 rings (SSSR count). The maximum Gasteiger partial charge on any atom is 0.0210 e. The van der Waals surface area contributed by atoms with Crippen LogP contribution in [0.4, 0.5) is 0 Å². The van der Waals surface area contributed by atoms with Crippen LogP contribution in [-0.2, 0) is 6.42 Å². The van der Waals surface area contributed by atoms with Gasteiger partial charge in [-0.1, -0.05) is 42.0 Å². The second-order valence-corrected chi connectivity index (χ2v) is 5.22. The molecular formula is C17H18. The van der Waals surface area contributed by atoms with Gasteiger partial charge in [-0.2, -0.15) is 0 Å². The SMILES string of the molecule is CC1=C(C2C=CC=C2)c2c(C)ccc(C)c2C1. The summed E-state index contributed by atoms with van der Waals surface area (Å²) in [5.41, 5.74) is 9.01. The molecule has 0 atom stereocenters. The largest absolute Gasteiger partial charge is 0.0732 e. The third-order valence-electron chi connectivity index (χ3n) is 4.01. The van der Waals surface area contributed by atoms with E-state index in [0.717, 1.165) is 6.42 Å². The molecule has 0 heteroatoms. The van der Waals surface area contributed by atoms with Gasteiger partial charge in [0.25, 0.3) is 0 Å². The lowest BCUT2D eigenvalue weighted by atomic mass is 9.89. The molecular weight excluding hydrogens is 204 g/mol. The molecule has 0 fully saturated rings. The van der Waals surface area contributed by atoms with Gasteiger partial charge >= 0.3 is 0 Å². The Morgan fingerprint density at radius 1 is 0.941 bits per heavy atom. The molecule has 0 unspecified atom stereocenters. The Labute approximate surface area is 103 Å². The van der Waals surface area contributed by atoms with Crippen LogP contribution in [0.15, 0.2) is 42.0 Å². The minimum atomic E-state index is 0.497. The van der Waals surface area contributed by atoms with Crippen molar-refractivity contribution in [2.45, 2.75) is 27.2 Å². The molecule has 17 heavy (non-hydrogen) atoms. The zero-order valence-corrected chi connectivity index (χ0v) is 10.7. The second-order valence-electron chi connectivity index (χ2n) is 5.22. The Morgan fingerprint density at radius 2 is 1.59 bits per heavy atom. The standard InChI is InChI=1S/C17H18/c1-11-8-9-12(2)17-15(11)10-13(3)16(17)14-6-4-5-7-14/h4-9,14H,10H2,1-3H3. The van der Waals surface area contributed by atoms with Crippen LogP contribution in [-0.4, -0.2) is 0 Å². The molecule has 1 aromatic rings. The summed E-state index contributed by atoms with van der Waals surface area (Å²) in [5, 5.41) is 0. The molecule has 2 aliphatic rings. The van der Waals surface area contributed by atoms with E-state index in [-0.39, 0.29) is 0 Å². The number of allylic oxidation sites excluding steroid dienone is 6. The number of fused-ring (bicyclic) bond motifs is 1. The lowest BCUT2D eigenvalue weighted by Crippen LogP contribution is -1.98. The summed E-state index contributed by atoms with van der Waals surface area (Å²) in [6, 6.07) is 4.51. The first-order chi connectivity index (χ1) is 8.18. The smallest absolute Gasteiger partial charge is 0.0210 e. The molecule has 0 heterocycles. The number of rotatable bonds is 1. The van der Waals surface area contributed by atoms with Gasteiger partial charge < -0.3 is 0 Å². The fraction of sp³-hybridized carbons (Fsp3) is 0.294. The molecule has 0 amide bonds. The molecule has 0 aromatic heterocycles. The summed E-state index contributed by atoms with van der Waals surface area (Å²) in [6.07, 6.45) is 10.1. The molecule has 1 aromatic carbocycles. The second kappa shape index (κ2) is 3.73. The molecule has 0 nitrogen and oxygen atoms in total. The molecule has 86 valence electrons. The highest BCUT2D eigenvalue weighted by atomic mass is 14.3. The Bertz CT molecular complexity index is 556. The van der Waals surface area contributed by atoms with Gasteiger partial charge in [-0.15, -0.1) is 0 Å². The minimum absolute atomic E-state index is 0.497. The fourth-order valence-electron chi connectivity index (χ4n) is 3.12. The van der Waals surface area contributed by atoms with Gasteiger partial charge in [0.1, 0.15) is 0 Å². The number of benzene rings is 1. The average Bonchev–Trinajstić information content (AvgIpc) is 2.90. The van der Waals surface area contributed by atoms with Crippen LogP contribution in [0.3, 0.4) is 0 Å². The van der Waals surface area contributed by atoms with E-state index in [0.29, 0.717) is 5.92 Å². The molecule has 0 saturated heterocycles. The van der Waals surface area contributed by atoms with Crippen LogP contribution in [0.2, 0.25) is 0 Å². The molecule has 0 radical (unpaired) electrons. The first-order valence-corrected chi connectivity index (χ1v) is 6.32. The van der Waals surface area contributed by atoms with E-state index in [2.05, 4.69) is 57.2 Å². The lowest BCUT2D eigenvalue weighted by Gasteiger charge is -2.15. The van der Waals surface area contributed by atoms with Crippen molar-refractivity contribution >= 4 is 5.57 Å². The molecule has 0 saturated carbocycles. The van der Waals surface area contributed by atoms with E-state index in [1.54, 1.807) is 16.7 Å². The van der Waals surface area contributed by atoms with Gasteiger partial charge in [0, 0.05) is 5.92 Å². The highest BCUT2D eigenvalue weighted by Gasteiger charge is 2.26. The van der Waals surface area contributed by atoms with Gasteiger partial charge in [-0.3, -0.25) is 0 Å². The average molecular weight is 222 g/mol. The number of hydrogen-bond acceptors (Lipinski definition) is 0. The summed E-state index contributed by atoms with van der Waals surface area (Å²) < 4.78 is 0. The van der Waals surface area contributed by atoms with Crippen molar-refractivity contribution in [2.24, 2.45) is 5.92 Å². The zero-order chi connectivity index (χ0) is 12.0. The Hall–Kier alpha value is -1.56. The Kier molecular flexibility index (Phi) is 2.32. The monoisotopic (exact) mass is 222 g/mol. The van der Waals surface area contributed by atoms with Gasteiger partial charge in [-0.05, 0) is 55.0 Å². The van der Waals surface area contributed by atoms with Crippen molar-refractivity contribution < 1.29 is 0 Å². The molecule has 2 aliphatic carbocycles. The van der Waals surface area contributed by atoms with Gasteiger partial charge in [0.15, 0.2) is 0 Å². The molecule has 0 N–H and O–H groups in total. The minimum Gasteiger partial charge on any atom is -0.0732 e. The number of hydrogen-bond donors (Lipinski definition) is 0. The first-order valence-electron chi connectivity index (χ1n) is 6.32. The summed E-state index contributed by atoms with van der Waals surface area (Å²) in [5.74, 6) is 0.497. The molecule has 0 spiro atoms. The predicted molar refractivity (Wildman–Crippen MR) is 74.0 cm³/mol. The number of aryl methyl sites for hydroxylation is 2. The fourth-order valence-corrected chi connectivity index (χ4v) is 3.12. The normalized spacial score (nSPS) is 18.3. The third-order valence-corrected chi connectivity index (χ3v) is 4.01.